The first-order chi connectivity index (χ1) is 15.8. The fourth-order valence-electron chi connectivity index (χ4n) is 4.26. The van der Waals surface area contributed by atoms with Gasteiger partial charge in [0, 0.05) is 6.04 Å². The van der Waals surface area contributed by atoms with Crippen LogP contribution in [0.15, 0.2) is 47.4 Å². The third kappa shape index (κ3) is 6.06. The number of amides is 1. The van der Waals surface area contributed by atoms with E-state index in [1.54, 1.807) is 44.6 Å². The number of ether oxygens (including phenoxy) is 2. The van der Waals surface area contributed by atoms with Crippen molar-refractivity contribution in [3.05, 3.63) is 53.6 Å². The quantitative estimate of drug-likeness (QED) is 0.588. The van der Waals surface area contributed by atoms with Gasteiger partial charge in [-0.1, -0.05) is 43.0 Å². The lowest BCUT2D eigenvalue weighted by Crippen LogP contribution is -2.47. The Bertz CT molecular complexity index is 1050. The van der Waals surface area contributed by atoms with Gasteiger partial charge in [-0.05, 0) is 56.5 Å². The predicted octanol–water partition coefficient (Wildman–Crippen LogP) is 4.21. The van der Waals surface area contributed by atoms with E-state index in [1.807, 2.05) is 26.0 Å². The normalized spacial score (nSPS) is 15.8. The zero-order valence-electron chi connectivity index (χ0n) is 19.8. The van der Waals surface area contributed by atoms with E-state index in [2.05, 4.69) is 5.32 Å². The number of nitrogens with zero attached hydrogens (tertiary/aromatic N) is 1. The third-order valence-electron chi connectivity index (χ3n) is 6.19. The molecule has 0 aliphatic heterocycles. The lowest BCUT2D eigenvalue weighted by Gasteiger charge is -2.33. The molecule has 0 radical (unpaired) electrons. The van der Waals surface area contributed by atoms with E-state index in [4.69, 9.17) is 9.47 Å². The van der Waals surface area contributed by atoms with E-state index in [0.29, 0.717) is 11.5 Å². The Kier molecular flexibility index (Phi) is 8.37. The molecule has 8 heteroatoms. The zero-order chi connectivity index (χ0) is 24.0. The van der Waals surface area contributed by atoms with Gasteiger partial charge in [0.1, 0.15) is 0 Å². The molecular weight excluding hydrogens is 440 g/mol. The first kappa shape index (κ1) is 25.1. The van der Waals surface area contributed by atoms with E-state index in [1.165, 1.54) is 4.31 Å². The number of carbonyl (C=O) groups is 1. The molecule has 2 aromatic rings. The van der Waals surface area contributed by atoms with Gasteiger partial charge in [0.2, 0.25) is 15.9 Å². The van der Waals surface area contributed by atoms with Gasteiger partial charge in [0.25, 0.3) is 0 Å². The molecule has 0 saturated heterocycles. The number of benzene rings is 2. The van der Waals surface area contributed by atoms with Gasteiger partial charge >= 0.3 is 0 Å². The van der Waals surface area contributed by atoms with Crippen LogP contribution in [0.5, 0.6) is 11.5 Å². The van der Waals surface area contributed by atoms with Crippen LogP contribution in [0, 0.1) is 6.92 Å². The summed E-state index contributed by atoms with van der Waals surface area (Å²) in [6.45, 7) is 3.56. The number of sulfonamides is 1. The smallest absolute Gasteiger partial charge is 0.243 e. The molecule has 1 saturated carbocycles. The van der Waals surface area contributed by atoms with E-state index >= 15 is 0 Å². The summed E-state index contributed by atoms with van der Waals surface area (Å²) in [6, 6.07) is 11.7. The summed E-state index contributed by atoms with van der Waals surface area (Å²) >= 11 is 0. The molecule has 0 aromatic heterocycles. The molecule has 1 atom stereocenters. The van der Waals surface area contributed by atoms with Crippen LogP contribution in [0.1, 0.15) is 56.2 Å². The topological polar surface area (TPSA) is 84.9 Å². The van der Waals surface area contributed by atoms with Crippen molar-refractivity contribution in [1.82, 2.24) is 9.62 Å². The van der Waals surface area contributed by atoms with Crippen LogP contribution in [0.3, 0.4) is 0 Å². The number of nitrogens with one attached hydrogen (secondary N) is 1. The molecule has 3 rings (SSSR count). The van der Waals surface area contributed by atoms with Crippen LogP contribution in [-0.4, -0.2) is 45.4 Å². The van der Waals surface area contributed by atoms with Crippen molar-refractivity contribution >= 4 is 15.9 Å². The van der Waals surface area contributed by atoms with Crippen LogP contribution < -0.4 is 14.8 Å². The average molecular weight is 475 g/mol. The summed E-state index contributed by atoms with van der Waals surface area (Å²) in [5.74, 6) is 0.841. The number of carbonyl (C=O) groups excluding carboxylic acids is 1. The molecule has 180 valence electrons. The molecule has 2 aromatic carbocycles. The standard InChI is InChI=1S/C25H34N2O5S/c1-18-10-13-22(14-11-18)33(29,30)27(21-8-6-5-7-9-21)17-25(28)26-19(2)20-12-15-23(31-3)24(16-20)32-4/h10-16,19,21H,5-9,17H2,1-4H3,(H,26,28)/t19-/m1/s1. The van der Waals surface area contributed by atoms with Gasteiger partial charge < -0.3 is 14.8 Å². The van der Waals surface area contributed by atoms with Crippen molar-refractivity contribution in [2.75, 3.05) is 20.8 Å². The van der Waals surface area contributed by atoms with Crippen molar-refractivity contribution in [2.45, 2.75) is 62.9 Å². The van der Waals surface area contributed by atoms with Crippen LogP contribution in [0.4, 0.5) is 0 Å². The van der Waals surface area contributed by atoms with Crippen molar-refractivity contribution < 1.29 is 22.7 Å². The Morgan fingerprint density at radius 3 is 2.27 bits per heavy atom. The highest BCUT2D eigenvalue weighted by atomic mass is 32.2. The second-order valence-corrected chi connectivity index (χ2v) is 10.4. The summed E-state index contributed by atoms with van der Waals surface area (Å²) < 4.78 is 39.0. The maximum Gasteiger partial charge on any atom is 0.243 e. The van der Waals surface area contributed by atoms with E-state index in [9.17, 15) is 13.2 Å². The van der Waals surface area contributed by atoms with E-state index < -0.39 is 10.0 Å². The minimum absolute atomic E-state index is 0.174. The van der Waals surface area contributed by atoms with Crippen LogP contribution in [0.2, 0.25) is 0 Å². The Balaban J connectivity index is 1.79. The molecule has 1 fully saturated rings. The summed E-state index contributed by atoms with van der Waals surface area (Å²) in [6.07, 6.45) is 4.56. The fourth-order valence-corrected chi connectivity index (χ4v) is 5.90. The average Bonchev–Trinajstić information content (AvgIpc) is 2.82. The molecule has 0 bridgehead atoms. The highest BCUT2D eigenvalue weighted by Crippen LogP contribution is 2.30. The highest BCUT2D eigenvalue weighted by molar-refractivity contribution is 7.89. The van der Waals surface area contributed by atoms with Crippen molar-refractivity contribution in [3.63, 3.8) is 0 Å². The van der Waals surface area contributed by atoms with Crippen molar-refractivity contribution in [1.29, 1.82) is 0 Å². The van der Waals surface area contributed by atoms with Crippen LogP contribution in [0.25, 0.3) is 0 Å². The Morgan fingerprint density at radius 1 is 1.03 bits per heavy atom. The molecular formula is C25H34N2O5S. The number of hydrogen-bond donors (Lipinski definition) is 1. The number of methoxy groups -OCH3 is 2. The molecule has 7 nitrogen and oxygen atoms in total. The molecule has 33 heavy (non-hydrogen) atoms. The molecule has 1 aliphatic rings. The van der Waals surface area contributed by atoms with Crippen molar-refractivity contribution in [3.8, 4) is 11.5 Å². The van der Waals surface area contributed by atoms with Crippen LogP contribution >= 0.6 is 0 Å². The number of hydrogen-bond acceptors (Lipinski definition) is 5. The molecule has 0 spiro atoms. The lowest BCUT2D eigenvalue weighted by atomic mass is 9.95. The van der Waals surface area contributed by atoms with Crippen molar-refractivity contribution in [2.24, 2.45) is 0 Å². The molecule has 1 aliphatic carbocycles. The van der Waals surface area contributed by atoms with Crippen LogP contribution in [-0.2, 0) is 14.8 Å². The van der Waals surface area contributed by atoms with E-state index in [0.717, 1.165) is 43.2 Å². The maximum absolute atomic E-state index is 13.5. The molecule has 1 N–H and O–H groups in total. The summed E-state index contributed by atoms with van der Waals surface area (Å²) in [5, 5.41) is 2.95. The second kappa shape index (κ2) is 11.0. The minimum Gasteiger partial charge on any atom is -0.493 e. The predicted molar refractivity (Wildman–Crippen MR) is 128 cm³/mol. The maximum atomic E-state index is 13.5. The van der Waals surface area contributed by atoms with E-state index in [-0.39, 0.29) is 29.4 Å². The van der Waals surface area contributed by atoms with Gasteiger partial charge in [-0.3, -0.25) is 4.79 Å². The molecule has 0 heterocycles. The summed E-state index contributed by atoms with van der Waals surface area (Å²) in [7, 11) is -0.672. The monoisotopic (exact) mass is 474 g/mol. The summed E-state index contributed by atoms with van der Waals surface area (Å²) in [5.41, 5.74) is 1.83. The lowest BCUT2D eigenvalue weighted by molar-refractivity contribution is -0.122. The minimum atomic E-state index is -3.80. The summed E-state index contributed by atoms with van der Waals surface area (Å²) in [4.78, 5) is 13.2. The molecule has 0 unspecified atom stereocenters. The number of aryl methyl sites for hydroxylation is 1. The van der Waals surface area contributed by atoms with Gasteiger partial charge in [-0.15, -0.1) is 0 Å². The number of rotatable bonds is 9. The Hall–Kier alpha value is -2.58. The zero-order valence-corrected chi connectivity index (χ0v) is 20.7. The van der Waals surface area contributed by atoms with Gasteiger partial charge in [0.15, 0.2) is 11.5 Å². The first-order valence-electron chi connectivity index (χ1n) is 11.4. The largest absolute Gasteiger partial charge is 0.493 e. The van der Waals surface area contributed by atoms with Gasteiger partial charge in [-0.2, -0.15) is 4.31 Å². The van der Waals surface area contributed by atoms with Gasteiger partial charge in [0.05, 0.1) is 31.7 Å². The fraction of sp³-hybridized carbons (Fsp3) is 0.480. The third-order valence-corrected chi connectivity index (χ3v) is 8.11. The SMILES string of the molecule is COc1ccc([C@@H](C)NC(=O)CN(C2CCCCC2)S(=O)(=O)c2ccc(C)cc2)cc1OC. The first-order valence-corrected chi connectivity index (χ1v) is 12.8. The highest BCUT2D eigenvalue weighted by Gasteiger charge is 2.34. The second-order valence-electron chi connectivity index (χ2n) is 8.56. The molecule has 1 amide bonds. The Labute approximate surface area is 197 Å². The van der Waals surface area contributed by atoms with Gasteiger partial charge in [-0.25, -0.2) is 8.42 Å². The Morgan fingerprint density at radius 2 is 1.67 bits per heavy atom.